The number of anilines is 1. The van der Waals surface area contributed by atoms with Gasteiger partial charge in [-0.15, -0.1) is 34.4 Å². The largest absolute Gasteiger partial charge is 0.477 e. The lowest BCUT2D eigenvalue weighted by atomic mass is 9.77. The molecule has 3 N–H and O–H groups in total. The Morgan fingerprint density at radius 3 is 1.62 bits per heavy atom. The molecule has 1 fully saturated rings. The van der Waals surface area contributed by atoms with Gasteiger partial charge in [-0.1, -0.05) is 205 Å². The van der Waals surface area contributed by atoms with Crippen LogP contribution in [-0.4, -0.2) is 55.7 Å². The van der Waals surface area contributed by atoms with Gasteiger partial charge in [0.15, 0.2) is 10.8 Å². The van der Waals surface area contributed by atoms with Crippen LogP contribution in [0.2, 0.25) is 0 Å². The van der Waals surface area contributed by atoms with Gasteiger partial charge in [-0.2, -0.15) is 0 Å². The second-order valence-corrected chi connectivity index (χ2v) is 19.8. The SMILES string of the molecule is O=C(O)C1=C(c2csc3ccccc23)CS[C@H]2[C@@H](NC(=O)C(=NOC(c3ccccc3)(c3ccccc3)c3ccccc3)c3csc(NC(c4ccccc4)(c4ccccc4)c4ccccc4)n3)C(=O)N12. The van der Waals surface area contributed by atoms with Crippen molar-refractivity contribution in [1.29, 1.82) is 0 Å². The summed E-state index contributed by atoms with van der Waals surface area (Å²) in [5, 5.41) is 26.7. The molecule has 11 rings (SSSR count). The molecule has 10 nitrogen and oxygen atoms in total. The Labute approximate surface area is 422 Å². The van der Waals surface area contributed by atoms with Crippen LogP contribution in [0.25, 0.3) is 15.7 Å². The maximum atomic E-state index is 15.2. The molecule has 2 aliphatic heterocycles. The summed E-state index contributed by atoms with van der Waals surface area (Å²) >= 11 is 4.23. The molecule has 0 spiro atoms. The number of thiazole rings is 1. The first kappa shape index (κ1) is 45.3. The molecule has 13 heteroatoms. The number of rotatable bonds is 15. The van der Waals surface area contributed by atoms with Crippen molar-refractivity contribution >= 4 is 78.7 Å². The molecule has 1 saturated heterocycles. The van der Waals surface area contributed by atoms with Crippen molar-refractivity contribution in [3.63, 3.8) is 0 Å². The topological polar surface area (TPSA) is 133 Å². The molecule has 0 bridgehead atoms. The van der Waals surface area contributed by atoms with Gasteiger partial charge < -0.3 is 20.6 Å². The first-order valence-electron chi connectivity index (χ1n) is 22.9. The molecule has 2 amide bonds. The van der Waals surface area contributed by atoms with Gasteiger partial charge >= 0.3 is 5.97 Å². The van der Waals surface area contributed by atoms with E-state index in [1.807, 2.05) is 175 Å². The Balaban J connectivity index is 1.01. The van der Waals surface area contributed by atoms with E-state index in [-0.39, 0.29) is 17.1 Å². The molecular weight excluding hydrogens is 943 g/mol. The highest BCUT2D eigenvalue weighted by molar-refractivity contribution is 8.00. The second kappa shape index (κ2) is 19.4. The van der Waals surface area contributed by atoms with Crippen LogP contribution in [-0.2, 0) is 30.4 Å². The highest BCUT2D eigenvalue weighted by Crippen LogP contribution is 2.47. The third-order valence-electron chi connectivity index (χ3n) is 13.0. The lowest BCUT2D eigenvalue weighted by molar-refractivity contribution is -0.149. The van der Waals surface area contributed by atoms with Gasteiger partial charge in [0.1, 0.15) is 28.3 Å². The summed E-state index contributed by atoms with van der Waals surface area (Å²) in [6.45, 7) is 0. The van der Waals surface area contributed by atoms with Crippen molar-refractivity contribution in [3.8, 4) is 0 Å². The fourth-order valence-electron chi connectivity index (χ4n) is 9.62. The fraction of sp³-hybridized carbons (Fsp3) is 0.0862. The molecule has 2 aliphatic rings. The first-order chi connectivity index (χ1) is 34.9. The average Bonchev–Trinajstić information content (AvgIpc) is 4.09. The molecule has 0 radical (unpaired) electrons. The molecule has 4 heterocycles. The summed E-state index contributed by atoms with van der Waals surface area (Å²) in [5.74, 6) is -2.17. The zero-order valence-electron chi connectivity index (χ0n) is 37.8. The number of nitrogens with zero attached hydrogens (tertiary/aromatic N) is 3. The van der Waals surface area contributed by atoms with E-state index in [4.69, 9.17) is 15.0 Å². The molecule has 71 heavy (non-hydrogen) atoms. The van der Waals surface area contributed by atoms with Crippen molar-refractivity contribution in [3.05, 3.63) is 267 Å². The zero-order chi connectivity index (χ0) is 48.4. The van der Waals surface area contributed by atoms with Gasteiger partial charge in [0.05, 0.1) is 0 Å². The number of amides is 2. The maximum absolute atomic E-state index is 15.2. The van der Waals surface area contributed by atoms with Crippen LogP contribution in [0.15, 0.2) is 228 Å². The molecule has 7 aromatic carbocycles. The van der Waals surface area contributed by atoms with Crippen molar-refractivity contribution < 1.29 is 24.3 Å². The normalized spacial score (nSPS) is 16.0. The van der Waals surface area contributed by atoms with E-state index in [0.717, 1.165) is 49.0 Å². The minimum atomic E-state index is -1.36. The van der Waals surface area contributed by atoms with Gasteiger partial charge in [-0.05, 0) is 33.7 Å². The van der Waals surface area contributed by atoms with E-state index in [1.165, 1.54) is 39.3 Å². The number of carboxylic acids is 1. The number of oxime groups is 1. The number of thioether (sulfide) groups is 1. The lowest BCUT2D eigenvalue weighted by Crippen LogP contribution is -2.71. The predicted molar refractivity (Wildman–Crippen MR) is 283 cm³/mol. The Kier molecular flexibility index (Phi) is 12.4. The first-order valence-corrected chi connectivity index (χ1v) is 25.7. The van der Waals surface area contributed by atoms with Crippen molar-refractivity contribution in [2.75, 3.05) is 11.1 Å². The van der Waals surface area contributed by atoms with Gasteiger partial charge in [-0.3, -0.25) is 14.5 Å². The zero-order valence-corrected chi connectivity index (χ0v) is 40.2. The van der Waals surface area contributed by atoms with E-state index in [9.17, 15) is 14.7 Å². The number of aliphatic carboxylic acids is 1. The van der Waals surface area contributed by atoms with Gasteiger partial charge in [0.25, 0.3) is 11.8 Å². The predicted octanol–water partition coefficient (Wildman–Crippen LogP) is 11.4. The fourth-order valence-corrected chi connectivity index (χ4v) is 12.7. The number of thiophene rings is 1. The number of carboxylic acid groups (broad SMARTS) is 1. The van der Waals surface area contributed by atoms with Crippen LogP contribution in [0.3, 0.4) is 0 Å². The average molecular weight is 986 g/mol. The Hall–Kier alpha value is -8.10. The number of fused-ring (bicyclic) bond motifs is 2. The molecule has 2 aromatic heterocycles. The second-order valence-electron chi connectivity index (χ2n) is 17.0. The maximum Gasteiger partial charge on any atom is 0.352 e. The number of hydrogen-bond donors (Lipinski definition) is 3. The molecule has 0 saturated carbocycles. The molecule has 2 atom stereocenters. The Bertz CT molecular complexity index is 3250. The smallest absolute Gasteiger partial charge is 0.352 e. The molecule has 0 unspecified atom stereocenters. The van der Waals surface area contributed by atoms with Crippen LogP contribution in [0.1, 0.15) is 44.6 Å². The quantitative estimate of drug-likeness (QED) is 0.0400. The number of carbonyl (C=O) groups excluding carboxylic acids is 2. The lowest BCUT2D eigenvalue weighted by Gasteiger charge is -2.49. The minimum absolute atomic E-state index is 0.0858. The van der Waals surface area contributed by atoms with E-state index >= 15 is 4.79 Å². The standard InChI is InChI=1S/C58H43N5O5S3/c64-52(60-50-53(65)63-51(55(66)67)46(36-70-54(50)63)45-35-69-48-34-20-19-33-44(45)48)49(62-68-58(41-27-13-4-14-28-41,42-29-15-5-16-30-42)43-31-17-6-18-32-43)47-37-71-56(59-47)61-57(38-21-7-1-8-22-38,39-23-9-2-10-24-39)40-25-11-3-12-26-40/h1-35,37,50,54H,36H2,(H,59,61)(H,60,64)(H,66,67)/t50-,54-/m0/s1. The molecule has 348 valence electrons. The third-order valence-corrected chi connectivity index (χ3v) is 16.0. The number of β-lactam (4-membered cyclic amide) rings is 1. The van der Waals surface area contributed by atoms with E-state index in [1.54, 1.807) is 5.38 Å². The highest BCUT2D eigenvalue weighted by atomic mass is 32.2. The van der Waals surface area contributed by atoms with Crippen molar-refractivity contribution in [2.45, 2.75) is 22.6 Å². The summed E-state index contributed by atoms with van der Waals surface area (Å²) in [5.41, 5.74) is 4.13. The summed E-state index contributed by atoms with van der Waals surface area (Å²) in [6, 6.07) is 66.2. The molecular formula is C58H43N5O5S3. The number of nitrogens with one attached hydrogen (secondary N) is 2. The summed E-state index contributed by atoms with van der Waals surface area (Å²) in [6.07, 6.45) is 0. The van der Waals surface area contributed by atoms with Gasteiger partial charge in [0, 0.05) is 43.5 Å². The molecule has 0 aliphatic carbocycles. The van der Waals surface area contributed by atoms with Crippen molar-refractivity contribution in [1.82, 2.24) is 15.2 Å². The van der Waals surface area contributed by atoms with E-state index in [2.05, 4.69) is 47.0 Å². The number of hydrogen-bond acceptors (Lipinski definition) is 10. The van der Waals surface area contributed by atoms with Crippen LogP contribution < -0.4 is 10.6 Å². The highest BCUT2D eigenvalue weighted by Gasteiger charge is 2.55. The van der Waals surface area contributed by atoms with Crippen LogP contribution in [0.4, 0.5) is 5.13 Å². The molecule has 9 aromatic rings. The third kappa shape index (κ3) is 8.17. The van der Waals surface area contributed by atoms with Crippen LogP contribution in [0.5, 0.6) is 0 Å². The van der Waals surface area contributed by atoms with Crippen LogP contribution >= 0.6 is 34.4 Å². The summed E-state index contributed by atoms with van der Waals surface area (Å²) in [4.78, 5) is 55.9. The van der Waals surface area contributed by atoms with Crippen LogP contribution in [0, 0.1) is 0 Å². The van der Waals surface area contributed by atoms with E-state index in [0.29, 0.717) is 16.5 Å². The van der Waals surface area contributed by atoms with Gasteiger partial charge in [-0.25, -0.2) is 9.78 Å². The number of carbonyl (C=O) groups is 3. The monoisotopic (exact) mass is 985 g/mol. The van der Waals surface area contributed by atoms with Gasteiger partial charge in [0.2, 0.25) is 5.60 Å². The minimum Gasteiger partial charge on any atom is -0.477 e. The Morgan fingerprint density at radius 2 is 1.11 bits per heavy atom. The summed E-state index contributed by atoms with van der Waals surface area (Å²) in [7, 11) is 0. The number of benzene rings is 7. The van der Waals surface area contributed by atoms with Crippen molar-refractivity contribution in [2.24, 2.45) is 5.16 Å². The van der Waals surface area contributed by atoms with E-state index < -0.39 is 40.3 Å². The number of aromatic nitrogens is 1. The Morgan fingerprint density at radius 1 is 0.634 bits per heavy atom. The summed E-state index contributed by atoms with van der Waals surface area (Å²) < 4.78 is 1.02.